The summed E-state index contributed by atoms with van der Waals surface area (Å²) in [5.41, 5.74) is 1.29. The zero-order chi connectivity index (χ0) is 59.0. The summed E-state index contributed by atoms with van der Waals surface area (Å²) in [5, 5.41) is 0.715. The van der Waals surface area contributed by atoms with Crippen molar-refractivity contribution in [1.82, 2.24) is 0 Å². The first-order chi connectivity index (χ1) is 39.7. The average Bonchev–Trinajstić information content (AvgIpc) is 1.97. The lowest BCUT2D eigenvalue weighted by Crippen LogP contribution is -2.28. The van der Waals surface area contributed by atoms with Crippen LogP contribution in [0.2, 0.25) is 0 Å². The Bertz CT molecular complexity index is 4500. The molecule has 0 spiro atoms. The van der Waals surface area contributed by atoms with Crippen LogP contribution in [0.1, 0.15) is 48.3 Å². The molecular weight excluding hydrogens is 771 g/mol. The van der Waals surface area contributed by atoms with Crippen LogP contribution in [0.4, 0.5) is 17.1 Å². The molecule has 0 atom stereocenters. The molecule has 0 aliphatic heterocycles. The van der Waals surface area contributed by atoms with Crippen LogP contribution in [0.5, 0.6) is 0 Å². The number of rotatable bonds is 8. The molecule has 1 heteroatoms. The van der Waals surface area contributed by atoms with Gasteiger partial charge in [0.1, 0.15) is 0 Å². The first-order valence-corrected chi connectivity index (χ1v) is 20.6. The summed E-state index contributed by atoms with van der Waals surface area (Å²) in [5.74, 6) is 0. The normalized spacial score (nSPS) is 16.7. The topological polar surface area (TPSA) is 3.24 Å². The van der Waals surface area contributed by atoms with Crippen molar-refractivity contribution >= 4 is 38.6 Å². The van der Waals surface area contributed by atoms with Gasteiger partial charge in [-0.25, -0.2) is 0 Å². The molecule has 0 bridgehead atoms. The maximum absolute atomic E-state index is 10.2. The Morgan fingerprint density at radius 2 is 0.875 bits per heavy atom. The Kier molecular flexibility index (Phi) is 5.53. The van der Waals surface area contributed by atoms with Gasteiger partial charge in [0.2, 0.25) is 0 Å². The van der Waals surface area contributed by atoms with E-state index >= 15 is 0 Å². The van der Waals surface area contributed by atoms with Crippen LogP contribution in [0.15, 0.2) is 260 Å². The Morgan fingerprint density at radius 1 is 0.344 bits per heavy atom. The third kappa shape index (κ3) is 6.16. The zero-order valence-electron chi connectivity index (χ0n) is 52.8. The van der Waals surface area contributed by atoms with Crippen molar-refractivity contribution in [3.8, 4) is 44.5 Å². The van der Waals surface area contributed by atoms with Crippen molar-refractivity contribution in [3.05, 3.63) is 283 Å². The van der Waals surface area contributed by atoms with E-state index in [1.807, 2.05) is 103 Å². The quantitative estimate of drug-likeness (QED) is 0.147. The second-order valence-corrected chi connectivity index (χ2v) is 15.3. The molecule has 1 nitrogen and oxygen atoms in total. The second kappa shape index (κ2) is 15.6. The molecule has 0 N–H and O–H groups in total. The first-order valence-electron chi connectivity index (χ1n) is 30.1. The predicted octanol–water partition coefficient (Wildman–Crippen LogP) is 16.8. The Morgan fingerprint density at radius 3 is 1.58 bits per heavy atom. The van der Waals surface area contributed by atoms with Gasteiger partial charge in [-0.2, -0.15) is 0 Å². The van der Waals surface area contributed by atoms with Gasteiger partial charge in [-0.15, -0.1) is 0 Å². The Labute approximate surface area is 401 Å². The third-order valence-corrected chi connectivity index (χ3v) is 11.9. The van der Waals surface area contributed by atoms with Crippen molar-refractivity contribution in [2.24, 2.45) is 0 Å². The van der Waals surface area contributed by atoms with E-state index in [0.717, 1.165) is 44.2 Å². The van der Waals surface area contributed by atoms with Gasteiger partial charge in [-0.05, 0) is 113 Å². The number of fused-ring (bicyclic) bond motifs is 5. The van der Waals surface area contributed by atoms with Crippen LogP contribution in [0.25, 0.3) is 66.1 Å². The molecule has 0 saturated heterocycles. The number of hydrogen-bond donors (Lipinski definition) is 0. The van der Waals surface area contributed by atoms with E-state index in [0.29, 0.717) is 11.4 Å². The lowest BCUT2D eigenvalue weighted by molar-refractivity contribution is 0.768. The molecule has 0 saturated carbocycles. The highest BCUT2D eigenvalue weighted by Gasteiger charge is 2.46. The molecule has 11 aromatic rings. The van der Waals surface area contributed by atoms with Gasteiger partial charge in [0.25, 0.3) is 0 Å². The van der Waals surface area contributed by atoms with Gasteiger partial charge in [-0.3, -0.25) is 0 Å². The summed E-state index contributed by atoms with van der Waals surface area (Å²) in [6.45, 7) is 0. The van der Waals surface area contributed by atoms with Crippen LogP contribution < -0.4 is 4.90 Å². The monoisotopic (exact) mass is 832 g/mol. The first kappa shape index (κ1) is 22.7. The van der Waals surface area contributed by atoms with Crippen LogP contribution in [0, 0.1) is 0 Å². The van der Waals surface area contributed by atoms with Crippen molar-refractivity contribution in [1.29, 1.82) is 0 Å². The molecule has 11 aromatic carbocycles. The van der Waals surface area contributed by atoms with Gasteiger partial charge in [0.15, 0.2) is 0 Å². The smallest absolute Gasteiger partial charge is 0.0714 e. The maximum atomic E-state index is 10.2. The largest absolute Gasteiger partial charge is 0.310 e. The molecule has 0 amide bonds. The Balaban J connectivity index is 1.21. The SMILES string of the molecule is [2H]c1c([2H])c([2H])c(-c2c([2H])c([2H])c(-c3c([2H])c([2H])c(-c4c(N(c5ccc6c(c5)C(c5ccccc5)(c5ccccc5)c5ccccc5-6)c5ccc6ccccc6c5)c([2H])c([2H])c5c([2H])c([2H])c([2H])c([2H])c45)c([2H])c3[2H])c([2H])c2[2H])c([2H])c1[2H]. The van der Waals surface area contributed by atoms with Crippen LogP contribution in [-0.2, 0) is 5.41 Å². The molecule has 12 rings (SSSR count). The minimum absolute atomic E-state index is 0.260. The van der Waals surface area contributed by atoms with Crippen molar-refractivity contribution in [2.45, 2.75) is 5.41 Å². The second-order valence-electron chi connectivity index (χ2n) is 15.3. The molecule has 64 heavy (non-hydrogen) atoms. The molecule has 0 radical (unpaired) electrons. The molecule has 300 valence electrons. The summed E-state index contributed by atoms with van der Waals surface area (Å²) in [6.07, 6.45) is 0. The van der Waals surface area contributed by atoms with E-state index in [1.165, 1.54) is 0 Å². The van der Waals surface area contributed by atoms with Gasteiger partial charge in [0.05, 0.1) is 37.1 Å². The molecule has 1 aliphatic rings. The lowest BCUT2D eigenvalue weighted by atomic mass is 9.67. The number of benzene rings is 11. The molecule has 1 aliphatic carbocycles. The van der Waals surface area contributed by atoms with Crippen LogP contribution in [-0.4, -0.2) is 0 Å². The van der Waals surface area contributed by atoms with Gasteiger partial charge < -0.3 is 4.90 Å². The minimum Gasteiger partial charge on any atom is -0.310 e. The van der Waals surface area contributed by atoms with Crippen molar-refractivity contribution in [2.75, 3.05) is 4.90 Å². The summed E-state index contributed by atoms with van der Waals surface area (Å²) < 4.78 is 175. The fourth-order valence-corrected chi connectivity index (χ4v) is 9.10. The fourth-order valence-electron chi connectivity index (χ4n) is 9.10. The zero-order valence-corrected chi connectivity index (χ0v) is 33.8. The van der Waals surface area contributed by atoms with E-state index in [-0.39, 0.29) is 11.3 Å². The number of anilines is 3. The van der Waals surface area contributed by atoms with E-state index in [2.05, 4.69) is 36.4 Å². The predicted molar refractivity (Wildman–Crippen MR) is 270 cm³/mol. The lowest BCUT2D eigenvalue weighted by Gasteiger charge is -2.35. The van der Waals surface area contributed by atoms with Crippen molar-refractivity contribution in [3.63, 3.8) is 0 Å². The summed E-state index contributed by atoms with van der Waals surface area (Å²) in [6, 6.07) is 31.4. The molecule has 0 fully saturated rings. The highest BCUT2D eigenvalue weighted by atomic mass is 15.1. The highest BCUT2D eigenvalue weighted by Crippen LogP contribution is 2.57. The standard InChI is InChI=1S/C63H43N/c1-4-16-44(17-5-1)46-28-30-47(31-29-46)48-32-34-50(35-33-48)62-56-25-13-12-19-49(56)37-41-61(62)64(54-38-36-45-18-10-11-20-51(45)42-54)55-39-40-58-57-26-14-15-27-59(57)63(60(58)43-55,52-21-6-2-7-22-52)53-23-8-3-9-24-53/h1-43H/i1D,4D,5D,12D,13D,16D,17D,19D,25D,28D,29D,30D,31D,32D,33D,34D,35D,37D,41D. The highest BCUT2D eigenvalue weighted by molar-refractivity contribution is 6.06. The van der Waals surface area contributed by atoms with Crippen molar-refractivity contribution < 1.29 is 26.0 Å². The average molecular weight is 833 g/mol. The Hall–Kier alpha value is -8.26. The number of hydrogen-bond acceptors (Lipinski definition) is 1. The van der Waals surface area contributed by atoms with E-state index < -0.39 is 159 Å². The summed E-state index contributed by atoms with van der Waals surface area (Å²) >= 11 is 0. The van der Waals surface area contributed by atoms with Crippen LogP contribution in [0.3, 0.4) is 0 Å². The molecule has 0 aromatic heterocycles. The summed E-state index contributed by atoms with van der Waals surface area (Å²) in [4.78, 5) is 1.63. The van der Waals surface area contributed by atoms with Gasteiger partial charge in [0, 0.05) is 16.9 Å². The maximum Gasteiger partial charge on any atom is 0.0714 e. The molecule has 0 heterocycles. The molecule has 0 unspecified atom stereocenters. The van der Waals surface area contributed by atoms with Gasteiger partial charge in [-0.1, -0.05) is 230 Å². The molecular formula is C63H43N. The van der Waals surface area contributed by atoms with E-state index in [4.69, 9.17) is 12.3 Å². The summed E-state index contributed by atoms with van der Waals surface area (Å²) in [7, 11) is 0. The minimum atomic E-state index is -0.966. The third-order valence-electron chi connectivity index (χ3n) is 11.9. The van der Waals surface area contributed by atoms with Gasteiger partial charge >= 0.3 is 0 Å². The number of nitrogens with zero attached hydrogens (tertiary/aromatic N) is 1. The fraction of sp³-hybridized carbons (Fsp3) is 0.0159. The van der Waals surface area contributed by atoms with Crippen LogP contribution >= 0.6 is 0 Å². The van der Waals surface area contributed by atoms with E-state index in [9.17, 15) is 13.7 Å². The van der Waals surface area contributed by atoms with E-state index in [1.54, 1.807) is 11.0 Å².